The molecule has 2 rings (SSSR count). The Balaban J connectivity index is 2.19. The molecule has 0 bridgehead atoms. The van der Waals surface area contributed by atoms with Crippen LogP contribution in [-0.2, 0) is 16.0 Å². The van der Waals surface area contributed by atoms with Crippen molar-refractivity contribution in [1.29, 1.82) is 0 Å². The molecule has 94 valence electrons. The summed E-state index contributed by atoms with van der Waals surface area (Å²) < 4.78 is 5.94. The van der Waals surface area contributed by atoms with Crippen LogP contribution < -0.4 is 5.69 Å². The standard InChI is InChI=1S/C11H10BrN3O3/c12-8-3-1-7(2-4-8)9(18-6-16)5-10-13-11(17)15-14-10/h1-4,6,9H,5H2,(H2,13,14,15,17). The van der Waals surface area contributed by atoms with E-state index in [1.165, 1.54) is 0 Å². The summed E-state index contributed by atoms with van der Waals surface area (Å²) in [6.07, 6.45) is -0.173. The molecular weight excluding hydrogens is 302 g/mol. The van der Waals surface area contributed by atoms with Gasteiger partial charge in [0.15, 0.2) is 0 Å². The summed E-state index contributed by atoms with van der Waals surface area (Å²) in [7, 11) is 0. The number of hydrogen-bond donors (Lipinski definition) is 2. The summed E-state index contributed by atoms with van der Waals surface area (Å²) in [4.78, 5) is 24.0. The fourth-order valence-corrected chi connectivity index (χ4v) is 1.83. The smallest absolute Gasteiger partial charge is 0.340 e. The van der Waals surface area contributed by atoms with Gasteiger partial charge in [0.05, 0.1) is 0 Å². The molecular formula is C11H10BrN3O3. The van der Waals surface area contributed by atoms with Crippen LogP contribution in [0.2, 0.25) is 0 Å². The molecule has 0 saturated heterocycles. The lowest BCUT2D eigenvalue weighted by Crippen LogP contribution is -2.09. The van der Waals surface area contributed by atoms with E-state index < -0.39 is 6.10 Å². The topological polar surface area (TPSA) is 87.8 Å². The Labute approximate surface area is 111 Å². The van der Waals surface area contributed by atoms with Gasteiger partial charge >= 0.3 is 5.69 Å². The first-order chi connectivity index (χ1) is 8.69. The van der Waals surface area contributed by atoms with Crippen molar-refractivity contribution in [3.63, 3.8) is 0 Å². The van der Waals surface area contributed by atoms with E-state index >= 15 is 0 Å². The molecule has 1 atom stereocenters. The minimum Gasteiger partial charge on any atom is -0.459 e. The fourth-order valence-electron chi connectivity index (χ4n) is 1.57. The molecule has 7 heteroatoms. The Morgan fingerprint density at radius 1 is 1.39 bits per heavy atom. The minimum atomic E-state index is -0.477. The molecule has 6 nitrogen and oxygen atoms in total. The van der Waals surface area contributed by atoms with Crippen LogP contribution in [0.3, 0.4) is 0 Å². The second kappa shape index (κ2) is 5.63. The van der Waals surface area contributed by atoms with Crippen LogP contribution in [0.5, 0.6) is 0 Å². The van der Waals surface area contributed by atoms with E-state index in [1.54, 1.807) is 0 Å². The van der Waals surface area contributed by atoms with Crippen molar-refractivity contribution in [2.75, 3.05) is 0 Å². The van der Waals surface area contributed by atoms with Crippen molar-refractivity contribution in [2.45, 2.75) is 12.5 Å². The van der Waals surface area contributed by atoms with E-state index in [2.05, 4.69) is 31.1 Å². The molecule has 1 aromatic carbocycles. The number of ether oxygens (including phenoxy) is 1. The SMILES string of the molecule is O=COC(Cc1n[nH]c(=O)[nH]1)c1ccc(Br)cc1. The third-order valence-electron chi connectivity index (χ3n) is 2.39. The number of rotatable bonds is 5. The number of H-pyrrole nitrogens is 2. The highest BCUT2D eigenvalue weighted by Gasteiger charge is 2.15. The maximum Gasteiger partial charge on any atom is 0.340 e. The summed E-state index contributed by atoms with van der Waals surface area (Å²) in [6, 6.07) is 7.37. The number of nitrogens with zero attached hydrogens (tertiary/aromatic N) is 1. The van der Waals surface area contributed by atoms with Gasteiger partial charge in [0, 0.05) is 10.9 Å². The zero-order valence-electron chi connectivity index (χ0n) is 9.22. The molecule has 0 fully saturated rings. The largest absolute Gasteiger partial charge is 0.459 e. The van der Waals surface area contributed by atoms with E-state index in [1.807, 2.05) is 24.3 Å². The van der Waals surface area contributed by atoms with E-state index in [0.717, 1.165) is 10.0 Å². The molecule has 1 unspecified atom stereocenters. The lowest BCUT2D eigenvalue weighted by Gasteiger charge is -2.13. The number of benzene rings is 1. The number of hydrogen-bond acceptors (Lipinski definition) is 4. The normalized spacial score (nSPS) is 12.1. The van der Waals surface area contributed by atoms with Gasteiger partial charge in [-0.1, -0.05) is 28.1 Å². The van der Waals surface area contributed by atoms with E-state index in [0.29, 0.717) is 18.7 Å². The van der Waals surface area contributed by atoms with E-state index in [9.17, 15) is 9.59 Å². The molecule has 18 heavy (non-hydrogen) atoms. The van der Waals surface area contributed by atoms with Crippen molar-refractivity contribution >= 4 is 22.4 Å². The predicted molar refractivity (Wildman–Crippen MR) is 66.9 cm³/mol. The van der Waals surface area contributed by atoms with Gasteiger partial charge in [-0.05, 0) is 17.7 Å². The Morgan fingerprint density at radius 3 is 2.67 bits per heavy atom. The molecule has 0 aliphatic heterocycles. The quantitative estimate of drug-likeness (QED) is 0.815. The highest BCUT2D eigenvalue weighted by molar-refractivity contribution is 9.10. The van der Waals surface area contributed by atoms with Crippen molar-refractivity contribution in [2.24, 2.45) is 0 Å². The lowest BCUT2D eigenvalue weighted by atomic mass is 10.1. The summed E-state index contributed by atoms with van der Waals surface area (Å²) >= 11 is 3.33. The third kappa shape index (κ3) is 3.07. The van der Waals surface area contributed by atoms with Gasteiger partial charge in [-0.15, -0.1) is 0 Å². The van der Waals surface area contributed by atoms with Crippen LogP contribution >= 0.6 is 15.9 Å². The maximum absolute atomic E-state index is 10.9. The first-order valence-corrected chi connectivity index (χ1v) is 5.96. The predicted octanol–water partition coefficient (Wildman–Crippen LogP) is 1.32. The first kappa shape index (κ1) is 12.6. The van der Waals surface area contributed by atoms with Crippen LogP contribution in [-0.4, -0.2) is 21.7 Å². The van der Waals surface area contributed by atoms with Crippen LogP contribution in [0.4, 0.5) is 0 Å². The number of halogens is 1. The Kier molecular flexibility index (Phi) is 3.93. The second-order valence-corrected chi connectivity index (χ2v) is 4.52. The van der Waals surface area contributed by atoms with Gasteiger partial charge < -0.3 is 4.74 Å². The Hall–Kier alpha value is -1.89. The minimum absolute atomic E-state index is 0.305. The zero-order valence-corrected chi connectivity index (χ0v) is 10.8. The first-order valence-electron chi connectivity index (χ1n) is 5.17. The van der Waals surface area contributed by atoms with Crippen LogP contribution in [0.1, 0.15) is 17.5 Å². The summed E-state index contributed by atoms with van der Waals surface area (Å²) in [5.74, 6) is 0.440. The van der Waals surface area contributed by atoms with Gasteiger partial charge in [0.25, 0.3) is 6.47 Å². The van der Waals surface area contributed by atoms with Crippen molar-refractivity contribution in [3.05, 3.63) is 50.6 Å². The third-order valence-corrected chi connectivity index (χ3v) is 2.92. The van der Waals surface area contributed by atoms with Gasteiger partial charge in [-0.3, -0.25) is 9.78 Å². The van der Waals surface area contributed by atoms with Crippen LogP contribution in [0.15, 0.2) is 33.5 Å². The van der Waals surface area contributed by atoms with Crippen molar-refractivity contribution < 1.29 is 9.53 Å². The number of carbonyl (C=O) groups is 1. The van der Waals surface area contributed by atoms with Gasteiger partial charge in [0.1, 0.15) is 11.9 Å². The Bertz CT molecular complexity index is 576. The average molecular weight is 312 g/mol. The van der Waals surface area contributed by atoms with Crippen molar-refractivity contribution in [3.8, 4) is 0 Å². The second-order valence-electron chi connectivity index (χ2n) is 3.60. The molecule has 0 saturated carbocycles. The lowest BCUT2D eigenvalue weighted by molar-refractivity contribution is -0.133. The molecule has 2 aromatic rings. The number of nitrogens with one attached hydrogen (secondary N) is 2. The summed E-state index contributed by atoms with van der Waals surface area (Å²) in [5.41, 5.74) is 0.444. The van der Waals surface area contributed by atoms with Crippen LogP contribution in [0, 0.1) is 0 Å². The highest BCUT2D eigenvalue weighted by atomic mass is 79.9. The monoisotopic (exact) mass is 311 g/mol. The number of carbonyl (C=O) groups excluding carboxylic acids is 1. The Morgan fingerprint density at radius 2 is 2.11 bits per heavy atom. The molecule has 2 N–H and O–H groups in total. The molecule has 1 heterocycles. The molecule has 0 radical (unpaired) electrons. The maximum atomic E-state index is 10.9. The summed E-state index contributed by atoms with van der Waals surface area (Å²) in [6.45, 7) is 0.386. The highest BCUT2D eigenvalue weighted by Crippen LogP contribution is 2.22. The fraction of sp³-hybridized carbons (Fsp3) is 0.182. The molecule has 0 aliphatic carbocycles. The number of aromatic nitrogens is 3. The van der Waals surface area contributed by atoms with Crippen molar-refractivity contribution in [1.82, 2.24) is 15.2 Å². The van der Waals surface area contributed by atoms with E-state index in [4.69, 9.17) is 4.74 Å². The number of aromatic amines is 2. The molecule has 0 amide bonds. The van der Waals surface area contributed by atoms with Gasteiger partial charge in [-0.2, -0.15) is 5.10 Å². The van der Waals surface area contributed by atoms with Gasteiger partial charge in [0.2, 0.25) is 0 Å². The average Bonchev–Trinajstić information content (AvgIpc) is 2.75. The van der Waals surface area contributed by atoms with E-state index in [-0.39, 0.29) is 5.69 Å². The van der Waals surface area contributed by atoms with Crippen LogP contribution in [0.25, 0.3) is 0 Å². The molecule has 0 spiro atoms. The molecule has 0 aliphatic rings. The molecule has 1 aromatic heterocycles. The zero-order chi connectivity index (χ0) is 13.0. The van der Waals surface area contributed by atoms with Gasteiger partial charge in [-0.25, -0.2) is 9.89 Å². The summed E-state index contributed by atoms with van der Waals surface area (Å²) in [5, 5.41) is 6.05.